The zero-order valence-electron chi connectivity index (χ0n) is 18.0. The third-order valence-electron chi connectivity index (χ3n) is 5.44. The normalized spacial score (nSPS) is 16.8. The lowest BCUT2D eigenvalue weighted by Crippen LogP contribution is -2.43. The lowest BCUT2D eigenvalue weighted by atomic mass is 10.2. The summed E-state index contributed by atoms with van der Waals surface area (Å²) in [6.45, 7) is -1.47. The van der Waals surface area contributed by atoms with Crippen LogP contribution < -0.4 is 10.6 Å². The van der Waals surface area contributed by atoms with Crippen molar-refractivity contribution in [2.45, 2.75) is 18.4 Å². The van der Waals surface area contributed by atoms with Crippen molar-refractivity contribution in [3.8, 4) is 6.07 Å². The van der Waals surface area contributed by atoms with Gasteiger partial charge < -0.3 is 20.1 Å². The number of carbonyl (C=O) groups is 3. The number of amides is 3. The third-order valence-corrected chi connectivity index (χ3v) is 5.44. The van der Waals surface area contributed by atoms with E-state index in [9.17, 15) is 23.2 Å². The number of pyridine rings is 1. The summed E-state index contributed by atoms with van der Waals surface area (Å²) < 4.78 is 28.8. The van der Waals surface area contributed by atoms with E-state index >= 15 is 0 Å². The van der Waals surface area contributed by atoms with Gasteiger partial charge in [-0.25, -0.2) is 13.8 Å². The fourth-order valence-corrected chi connectivity index (χ4v) is 3.77. The first-order valence-corrected chi connectivity index (χ1v) is 10.2. The van der Waals surface area contributed by atoms with E-state index in [0.29, 0.717) is 5.52 Å². The van der Waals surface area contributed by atoms with E-state index in [2.05, 4.69) is 20.6 Å². The lowest BCUT2D eigenvalue weighted by Gasteiger charge is -2.19. The first-order valence-electron chi connectivity index (χ1n) is 10.2. The Bertz CT molecular complexity index is 1330. The zero-order valence-corrected chi connectivity index (χ0v) is 18.0. The van der Waals surface area contributed by atoms with Crippen LogP contribution in [-0.2, 0) is 11.8 Å². The van der Waals surface area contributed by atoms with Crippen LogP contribution in [0.15, 0.2) is 42.7 Å². The van der Waals surface area contributed by atoms with E-state index in [0.717, 1.165) is 10.4 Å². The van der Waals surface area contributed by atoms with E-state index < -0.39 is 49.2 Å². The molecule has 0 unspecified atom stereocenters. The lowest BCUT2D eigenvalue weighted by molar-refractivity contribution is -0.131. The molecule has 3 aromatic rings. The molecule has 12 heteroatoms. The number of aryl methyl sites for hydroxylation is 1. The summed E-state index contributed by atoms with van der Waals surface area (Å²) in [5.41, 5.74) is 1.46. The van der Waals surface area contributed by atoms with Crippen LogP contribution in [0.25, 0.3) is 11.0 Å². The smallest absolute Gasteiger partial charge is 0.291 e. The minimum Gasteiger partial charge on any atom is -0.343 e. The summed E-state index contributed by atoms with van der Waals surface area (Å²) in [5.74, 6) is -5.15. The average molecular weight is 467 g/mol. The number of nitriles is 1. The number of para-hydroxylation sites is 2. The molecular weight excluding hydrogens is 448 g/mol. The van der Waals surface area contributed by atoms with Crippen molar-refractivity contribution >= 4 is 34.4 Å². The highest BCUT2D eigenvalue weighted by atomic mass is 19.3. The molecule has 1 saturated heterocycles. The number of hydrogen-bond donors (Lipinski definition) is 2. The van der Waals surface area contributed by atoms with Crippen LogP contribution in [0.1, 0.15) is 27.4 Å². The standard InChI is InChI=1S/C22H19F2N7O3/c1-30-17-5-3-2-4-15(17)28-19(30)21(34)29-16-10-26-7-6-14(16)20(33)27-11-18(32)31-12-22(23,24)8-13(31)9-25/h2-7,10,13H,8,11-12H2,1H3,(H,27,33)(H,29,34)/t13-/m0/s1. The highest BCUT2D eigenvalue weighted by Crippen LogP contribution is 2.31. The number of imidazole rings is 1. The van der Waals surface area contributed by atoms with Crippen LogP contribution in [0.3, 0.4) is 0 Å². The number of fused-ring (bicyclic) bond motifs is 1. The minimum absolute atomic E-state index is 0.0125. The number of aromatic nitrogens is 3. The molecule has 4 rings (SSSR count). The van der Waals surface area contributed by atoms with E-state index in [1.165, 1.54) is 18.5 Å². The molecule has 1 atom stereocenters. The Morgan fingerprint density at radius 2 is 2.00 bits per heavy atom. The van der Waals surface area contributed by atoms with Gasteiger partial charge >= 0.3 is 0 Å². The Balaban J connectivity index is 1.46. The van der Waals surface area contributed by atoms with E-state index in [-0.39, 0.29) is 17.1 Å². The second kappa shape index (κ2) is 8.86. The number of anilines is 1. The topological polar surface area (TPSA) is 133 Å². The average Bonchev–Trinajstić information content (AvgIpc) is 3.33. The van der Waals surface area contributed by atoms with Crippen LogP contribution in [0.5, 0.6) is 0 Å². The highest BCUT2D eigenvalue weighted by Gasteiger charge is 2.47. The predicted molar refractivity (Wildman–Crippen MR) is 116 cm³/mol. The van der Waals surface area contributed by atoms with Crippen molar-refractivity contribution < 1.29 is 23.2 Å². The van der Waals surface area contributed by atoms with Crippen LogP contribution in [0.4, 0.5) is 14.5 Å². The molecular formula is C22H19F2N7O3. The Morgan fingerprint density at radius 3 is 2.74 bits per heavy atom. The fourth-order valence-electron chi connectivity index (χ4n) is 3.77. The van der Waals surface area contributed by atoms with Gasteiger partial charge in [0.1, 0.15) is 6.04 Å². The highest BCUT2D eigenvalue weighted by molar-refractivity contribution is 6.08. The molecule has 3 heterocycles. The summed E-state index contributed by atoms with van der Waals surface area (Å²) in [6, 6.07) is 8.95. The van der Waals surface area contributed by atoms with Gasteiger partial charge in [-0.1, -0.05) is 12.1 Å². The van der Waals surface area contributed by atoms with Gasteiger partial charge in [0.15, 0.2) is 5.82 Å². The number of hydrogen-bond acceptors (Lipinski definition) is 6. The first-order chi connectivity index (χ1) is 16.2. The Morgan fingerprint density at radius 1 is 1.24 bits per heavy atom. The Labute approximate surface area is 192 Å². The van der Waals surface area contributed by atoms with E-state index in [1.807, 2.05) is 12.1 Å². The van der Waals surface area contributed by atoms with Gasteiger partial charge in [0.05, 0.1) is 47.6 Å². The maximum Gasteiger partial charge on any atom is 0.291 e. The van der Waals surface area contributed by atoms with Crippen molar-refractivity contribution in [2.24, 2.45) is 7.05 Å². The number of halogens is 2. The van der Waals surface area contributed by atoms with Crippen molar-refractivity contribution in [1.29, 1.82) is 5.26 Å². The summed E-state index contributed by atoms with van der Waals surface area (Å²) in [6.07, 6.45) is 1.85. The molecule has 10 nitrogen and oxygen atoms in total. The monoisotopic (exact) mass is 467 g/mol. The van der Waals surface area contributed by atoms with Crippen molar-refractivity contribution in [3.05, 3.63) is 54.1 Å². The summed E-state index contributed by atoms with van der Waals surface area (Å²) in [5, 5.41) is 14.0. The number of nitrogens with zero attached hydrogens (tertiary/aromatic N) is 5. The number of carbonyl (C=O) groups excluding carboxylic acids is 3. The summed E-state index contributed by atoms with van der Waals surface area (Å²) >= 11 is 0. The predicted octanol–water partition coefficient (Wildman–Crippen LogP) is 1.71. The maximum absolute atomic E-state index is 13.6. The molecule has 174 valence electrons. The van der Waals surface area contributed by atoms with Gasteiger partial charge in [0.25, 0.3) is 17.7 Å². The van der Waals surface area contributed by atoms with Gasteiger partial charge in [-0.15, -0.1) is 0 Å². The Kier molecular flexibility index (Phi) is 5.93. The van der Waals surface area contributed by atoms with Gasteiger partial charge in [-0.3, -0.25) is 19.4 Å². The van der Waals surface area contributed by atoms with Gasteiger partial charge in [0, 0.05) is 19.7 Å². The second-order valence-corrected chi connectivity index (χ2v) is 7.77. The van der Waals surface area contributed by atoms with Gasteiger partial charge in [-0.05, 0) is 18.2 Å². The van der Waals surface area contributed by atoms with Crippen LogP contribution >= 0.6 is 0 Å². The molecule has 0 spiro atoms. The summed E-state index contributed by atoms with van der Waals surface area (Å²) in [4.78, 5) is 46.8. The van der Waals surface area contributed by atoms with Crippen LogP contribution in [0, 0.1) is 11.3 Å². The van der Waals surface area contributed by atoms with E-state index in [4.69, 9.17) is 5.26 Å². The maximum atomic E-state index is 13.6. The first kappa shape index (κ1) is 22.8. The quantitative estimate of drug-likeness (QED) is 0.587. The van der Waals surface area contributed by atoms with Crippen molar-refractivity contribution in [2.75, 3.05) is 18.4 Å². The van der Waals surface area contributed by atoms with Gasteiger partial charge in [0.2, 0.25) is 5.91 Å². The number of rotatable bonds is 5. The van der Waals surface area contributed by atoms with Gasteiger partial charge in [-0.2, -0.15) is 5.26 Å². The molecule has 34 heavy (non-hydrogen) atoms. The third kappa shape index (κ3) is 4.40. The molecule has 0 aliphatic carbocycles. The molecule has 2 aromatic heterocycles. The molecule has 2 N–H and O–H groups in total. The molecule has 0 radical (unpaired) electrons. The molecule has 1 aliphatic heterocycles. The van der Waals surface area contributed by atoms with Crippen molar-refractivity contribution in [1.82, 2.24) is 24.8 Å². The largest absolute Gasteiger partial charge is 0.343 e. The van der Waals surface area contributed by atoms with E-state index in [1.54, 1.807) is 29.8 Å². The fraction of sp³-hybridized carbons (Fsp3) is 0.273. The molecule has 1 aliphatic rings. The van der Waals surface area contributed by atoms with Crippen LogP contribution in [0.2, 0.25) is 0 Å². The number of benzene rings is 1. The number of likely N-dealkylation sites (tertiary alicyclic amines) is 1. The number of alkyl halides is 2. The number of nitrogens with one attached hydrogen (secondary N) is 2. The molecule has 0 saturated carbocycles. The zero-order chi connectivity index (χ0) is 24.5. The van der Waals surface area contributed by atoms with Crippen molar-refractivity contribution in [3.63, 3.8) is 0 Å². The SMILES string of the molecule is Cn1c(C(=O)Nc2cnccc2C(=O)NCC(=O)N2CC(F)(F)C[C@H]2C#N)nc2ccccc21. The van der Waals surface area contributed by atoms with Crippen LogP contribution in [-0.4, -0.2) is 62.2 Å². The summed E-state index contributed by atoms with van der Waals surface area (Å²) in [7, 11) is 1.68. The second-order valence-electron chi connectivity index (χ2n) is 7.77. The molecule has 1 aromatic carbocycles. The Hall–Kier alpha value is -4.40. The minimum atomic E-state index is -3.15. The molecule has 1 fully saturated rings. The molecule has 3 amide bonds. The molecule has 0 bridgehead atoms.